The number of anilines is 1. The Bertz CT molecular complexity index is 474. The molecular weight excluding hydrogens is 349 g/mol. The van der Waals surface area contributed by atoms with Crippen molar-refractivity contribution in [2.75, 3.05) is 32.0 Å². The number of likely N-dealkylation sites (tertiary alicyclic amines) is 1. The monoisotopic (exact) mass is 366 g/mol. The molecule has 1 aromatic rings. The molecule has 21 heavy (non-hydrogen) atoms. The number of benzene rings is 1. The molecule has 1 heterocycles. The molecule has 1 fully saturated rings. The topological polar surface area (TPSA) is 24.5 Å². The summed E-state index contributed by atoms with van der Waals surface area (Å²) in [5.74, 6) is 0.272. The van der Waals surface area contributed by atoms with Crippen molar-refractivity contribution in [2.24, 2.45) is 5.92 Å². The van der Waals surface area contributed by atoms with Gasteiger partial charge in [0.05, 0.1) is 5.69 Å². The molecule has 1 aromatic carbocycles. The Morgan fingerprint density at radius 3 is 2.62 bits per heavy atom. The zero-order valence-corrected chi connectivity index (χ0v) is 13.3. The molecular formula is C14H18BrF3N2O. The third-order valence-electron chi connectivity index (χ3n) is 3.59. The molecule has 0 bridgehead atoms. The number of hydrogen-bond donors (Lipinski definition) is 1. The van der Waals surface area contributed by atoms with E-state index in [0.29, 0.717) is 22.6 Å². The van der Waals surface area contributed by atoms with E-state index in [9.17, 15) is 13.2 Å². The highest BCUT2D eigenvalue weighted by Gasteiger charge is 2.32. The second kappa shape index (κ2) is 6.87. The van der Waals surface area contributed by atoms with Crippen LogP contribution in [0, 0.1) is 5.92 Å². The smallest absolute Gasteiger partial charge is 0.404 e. The molecule has 3 nitrogen and oxygen atoms in total. The SMILES string of the molecule is CN1CCC(CNc2ccc(Br)cc2OC(F)(F)F)CC1. The minimum atomic E-state index is -4.69. The van der Waals surface area contributed by atoms with Gasteiger partial charge in [-0.15, -0.1) is 13.2 Å². The van der Waals surface area contributed by atoms with E-state index in [2.05, 4.69) is 37.9 Å². The predicted octanol–water partition coefficient (Wildman–Crippen LogP) is 4.10. The normalized spacial score (nSPS) is 17.8. The minimum absolute atomic E-state index is 0.204. The summed E-state index contributed by atoms with van der Waals surface area (Å²) in [5.41, 5.74) is 0.370. The van der Waals surface area contributed by atoms with E-state index in [0.717, 1.165) is 25.9 Å². The zero-order chi connectivity index (χ0) is 15.5. The lowest BCUT2D eigenvalue weighted by molar-refractivity contribution is -0.274. The first-order valence-electron chi connectivity index (χ1n) is 6.81. The fourth-order valence-corrected chi connectivity index (χ4v) is 2.71. The molecule has 1 aliphatic heterocycles. The molecule has 2 rings (SSSR count). The van der Waals surface area contributed by atoms with Crippen molar-refractivity contribution in [2.45, 2.75) is 19.2 Å². The van der Waals surface area contributed by atoms with Crippen molar-refractivity contribution in [3.8, 4) is 5.75 Å². The quantitative estimate of drug-likeness (QED) is 0.867. The molecule has 0 aliphatic carbocycles. The first kappa shape index (κ1) is 16.4. The van der Waals surface area contributed by atoms with E-state index >= 15 is 0 Å². The van der Waals surface area contributed by atoms with Gasteiger partial charge in [0.2, 0.25) is 0 Å². The average Bonchev–Trinajstić information content (AvgIpc) is 2.38. The third-order valence-corrected chi connectivity index (χ3v) is 4.08. The van der Waals surface area contributed by atoms with E-state index in [-0.39, 0.29) is 5.75 Å². The van der Waals surface area contributed by atoms with Crippen LogP contribution in [0.1, 0.15) is 12.8 Å². The Hall–Kier alpha value is -0.950. The Balaban J connectivity index is 1.99. The van der Waals surface area contributed by atoms with Crippen molar-refractivity contribution >= 4 is 21.6 Å². The maximum atomic E-state index is 12.4. The molecule has 118 valence electrons. The van der Waals surface area contributed by atoms with Crippen LogP contribution >= 0.6 is 15.9 Å². The highest BCUT2D eigenvalue weighted by Crippen LogP contribution is 2.33. The number of hydrogen-bond acceptors (Lipinski definition) is 3. The molecule has 0 amide bonds. The lowest BCUT2D eigenvalue weighted by Crippen LogP contribution is -2.33. The van der Waals surface area contributed by atoms with Crippen LogP contribution in [0.25, 0.3) is 0 Å². The van der Waals surface area contributed by atoms with Crippen molar-refractivity contribution < 1.29 is 17.9 Å². The van der Waals surface area contributed by atoms with Gasteiger partial charge in [-0.05, 0) is 57.1 Å². The Morgan fingerprint density at radius 1 is 1.33 bits per heavy atom. The van der Waals surface area contributed by atoms with Crippen LogP contribution in [0.15, 0.2) is 22.7 Å². The summed E-state index contributed by atoms with van der Waals surface area (Å²) in [6, 6.07) is 4.62. The molecule has 0 spiro atoms. The fourth-order valence-electron chi connectivity index (χ4n) is 2.37. The van der Waals surface area contributed by atoms with Gasteiger partial charge in [0.1, 0.15) is 0 Å². The van der Waals surface area contributed by atoms with Crippen LogP contribution in [-0.2, 0) is 0 Å². The van der Waals surface area contributed by atoms with Crippen molar-refractivity contribution in [1.82, 2.24) is 4.90 Å². The Labute approximate surface area is 130 Å². The van der Waals surface area contributed by atoms with Gasteiger partial charge in [0.15, 0.2) is 5.75 Å². The molecule has 0 unspecified atom stereocenters. The van der Waals surface area contributed by atoms with Crippen LogP contribution in [0.2, 0.25) is 0 Å². The van der Waals surface area contributed by atoms with Crippen LogP contribution in [0.4, 0.5) is 18.9 Å². The van der Waals surface area contributed by atoms with Crippen LogP contribution < -0.4 is 10.1 Å². The summed E-state index contributed by atoms with van der Waals surface area (Å²) >= 11 is 3.16. The van der Waals surface area contributed by atoms with E-state index < -0.39 is 6.36 Å². The van der Waals surface area contributed by atoms with Gasteiger partial charge in [-0.2, -0.15) is 0 Å². The highest BCUT2D eigenvalue weighted by molar-refractivity contribution is 9.10. The number of nitrogens with one attached hydrogen (secondary N) is 1. The van der Waals surface area contributed by atoms with Gasteiger partial charge in [-0.3, -0.25) is 0 Å². The summed E-state index contributed by atoms with van der Waals surface area (Å²) in [6.45, 7) is 2.71. The van der Waals surface area contributed by atoms with Crippen molar-refractivity contribution in [3.63, 3.8) is 0 Å². The molecule has 0 saturated carbocycles. The van der Waals surface area contributed by atoms with E-state index in [1.54, 1.807) is 12.1 Å². The Morgan fingerprint density at radius 2 is 2.00 bits per heavy atom. The van der Waals surface area contributed by atoms with E-state index in [4.69, 9.17) is 0 Å². The van der Waals surface area contributed by atoms with Crippen LogP contribution in [-0.4, -0.2) is 37.9 Å². The lowest BCUT2D eigenvalue weighted by atomic mass is 9.97. The first-order chi connectivity index (χ1) is 9.83. The largest absolute Gasteiger partial charge is 0.573 e. The maximum absolute atomic E-state index is 12.4. The van der Waals surface area contributed by atoms with Gasteiger partial charge in [0.25, 0.3) is 0 Å². The fraction of sp³-hybridized carbons (Fsp3) is 0.571. The highest BCUT2D eigenvalue weighted by atomic mass is 79.9. The molecule has 0 aromatic heterocycles. The zero-order valence-electron chi connectivity index (χ0n) is 11.7. The van der Waals surface area contributed by atoms with E-state index in [1.807, 2.05) is 0 Å². The number of halogens is 4. The standard InChI is InChI=1S/C14H18BrF3N2O/c1-20-6-4-10(5-7-20)9-19-12-3-2-11(15)8-13(12)21-14(16,17)18/h2-3,8,10,19H,4-7,9H2,1H3. The van der Waals surface area contributed by atoms with E-state index in [1.165, 1.54) is 6.07 Å². The number of ether oxygens (including phenoxy) is 1. The van der Waals surface area contributed by atoms with Gasteiger partial charge in [0, 0.05) is 11.0 Å². The molecule has 7 heteroatoms. The summed E-state index contributed by atoms with van der Waals surface area (Å²) in [5, 5.41) is 3.08. The minimum Gasteiger partial charge on any atom is -0.404 e. The maximum Gasteiger partial charge on any atom is 0.573 e. The molecule has 1 saturated heterocycles. The lowest BCUT2D eigenvalue weighted by Gasteiger charge is -2.29. The van der Waals surface area contributed by atoms with Gasteiger partial charge >= 0.3 is 6.36 Å². The molecule has 1 aliphatic rings. The van der Waals surface area contributed by atoms with Crippen LogP contribution in [0.3, 0.4) is 0 Å². The molecule has 1 N–H and O–H groups in total. The number of piperidine rings is 1. The van der Waals surface area contributed by atoms with Crippen molar-refractivity contribution in [3.05, 3.63) is 22.7 Å². The Kier molecular flexibility index (Phi) is 5.37. The number of rotatable bonds is 4. The third kappa shape index (κ3) is 5.39. The van der Waals surface area contributed by atoms with Gasteiger partial charge in [-0.25, -0.2) is 0 Å². The number of alkyl halides is 3. The first-order valence-corrected chi connectivity index (χ1v) is 7.60. The summed E-state index contributed by atoms with van der Waals surface area (Å²) in [4.78, 5) is 2.26. The van der Waals surface area contributed by atoms with Gasteiger partial charge in [-0.1, -0.05) is 15.9 Å². The van der Waals surface area contributed by atoms with Crippen molar-refractivity contribution in [1.29, 1.82) is 0 Å². The summed E-state index contributed by atoms with van der Waals surface area (Å²) in [6.07, 6.45) is -2.59. The van der Waals surface area contributed by atoms with Crippen LogP contribution in [0.5, 0.6) is 5.75 Å². The summed E-state index contributed by atoms with van der Waals surface area (Å²) in [7, 11) is 2.08. The second-order valence-corrected chi connectivity index (χ2v) is 6.23. The average molecular weight is 367 g/mol. The van der Waals surface area contributed by atoms with Gasteiger partial charge < -0.3 is 15.0 Å². The number of nitrogens with zero attached hydrogens (tertiary/aromatic N) is 1. The second-order valence-electron chi connectivity index (χ2n) is 5.32. The summed E-state index contributed by atoms with van der Waals surface area (Å²) < 4.78 is 41.9. The molecule has 0 radical (unpaired) electrons. The molecule has 0 atom stereocenters. The predicted molar refractivity (Wildman–Crippen MR) is 79.5 cm³/mol.